The Morgan fingerprint density at radius 3 is 3.05 bits per heavy atom. The van der Waals surface area contributed by atoms with Crippen LogP contribution < -0.4 is 10.1 Å². The molecule has 6 heteroatoms. The maximum absolute atomic E-state index is 12.3. The lowest BCUT2D eigenvalue weighted by molar-refractivity contribution is -0.129. The Morgan fingerprint density at radius 2 is 2.29 bits per heavy atom. The fraction of sp³-hybridized carbons (Fsp3) is 0.400. The van der Waals surface area contributed by atoms with Gasteiger partial charge in [-0.15, -0.1) is 0 Å². The summed E-state index contributed by atoms with van der Waals surface area (Å²) in [6, 6.07) is 7.58. The van der Waals surface area contributed by atoms with Crippen LogP contribution in [-0.4, -0.2) is 27.2 Å². The Bertz CT molecular complexity index is 653. The lowest BCUT2D eigenvalue weighted by Crippen LogP contribution is -2.41. The van der Waals surface area contributed by atoms with Crippen molar-refractivity contribution in [1.29, 1.82) is 0 Å². The molecule has 0 radical (unpaired) electrons. The molecule has 0 unspecified atom stereocenters. The standard InChI is InChI=1S/C15H18N4O2/c1-9(14-17-10(2)18-19-14)16-15(20)13-8-7-11-5-3-4-6-12(11)21-13/h3-6,9,13H,7-8H2,1-2H3,(H,16,20)(H,17,18,19)/t9-,13+/m0/s1. The third-order valence-electron chi connectivity index (χ3n) is 3.57. The molecule has 21 heavy (non-hydrogen) atoms. The summed E-state index contributed by atoms with van der Waals surface area (Å²) >= 11 is 0. The van der Waals surface area contributed by atoms with Gasteiger partial charge in [0.25, 0.3) is 5.91 Å². The number of benzene rings is 1. The molecule has 2 atom stereocenters. The summed E-state index contributed by atoms with van der Waals surface area (Å²) in [5.74, 6) is 1.98. The summed E-state index contributed by atoms with van der Waals surface area (Å²) in [7, 11) is 0. The molecule has 0 fully saturated rings. The van der Waals surface area contributed by atoms with Crippen LogP contribution in [0.1, 0.15) is 36.6 Å². The molecule has 1 amide bonds. The van der Waals surface area contributed by atoms with E-state index < -0.39 is 6.10 Å². The second-order valence-electron chi connectivity index (χ2n) is 5.26. The monoisotopic (exact) mass is 286 g/mol. The molecule has 1 aromatic carbocycles. The van der Waals surface area contributed by atoms with Crippen LogP contribution in [0, 0.1) is 6.92 Å². The number of carbonyl (C=O) groups excluding carboxylic acids is 1. The SMILES string of the molecule is Cc1nc([C@H](C)NC(=O)[C@H]2CCc3ccccc3O2)n[nH]1. The van der Waals surface area contributed by atoms with Gasteiger partial charge in [-0.3, -0.25) is 9.89 Å². The number of amides is 1. The normalized spacial score (nSPS) is 18.5. The van der Waals surface area contributed by atoms with E-state index in [-0.39, 0.29) is 11.9 Å². The lowest BCUT2D eigenvalue weighted by atomic mass is 10.0. The summed E-state index contributed by atoms with van der Waals surface area (Å²) < 4.78 is 5.78. The van der Waals surface area contributed by atoms with E-state index in [0.717, 1.165) is 23.6 Å². The minimum Gasteiger partial charge on any atom is -0.480 e. The van der Waals surface area contributed by atoms with E-state index >= 15 is 0 Å². The molecule has 1 aromatic heterocycles. The van der Waals surface area contributed by atoms with Gasteiger partial charge in [-0.2, -0.15) is 5.10 Å². The first-order valence-corrected chi connectivity index (χ1v) is 7.07. The highest BCUT2D eigenvalue weighted by atomic mass is 16.5. The van der Waals surface area contributed by atoms with Gasteiger partial charge >= 0.3 is 0 Å². The van der Waals surface area contributed by atoms with Crippen LogP contribution in [0.3, 0.4) is 0 Å². The quantitative estimate of drug-likeness (QED) is 0.899. The minimum absolute atomic E-state index is 0.126. The van der Waals surface area contributed by atoms with Crippen LogP contribution in [0.15, 0.2) is 24.3 Å². The second-order valence-corrected chi connectivity index (χ2v) is 5.26. The zero-order valence-corrected chi connectivity index (χ0v) is 12.1. The van der Waals surface area contributed by atoms with Crippen LogP contribution in [0.25, 0.3) is 0 Å². The maximum Gasteiger partial charge on any atom is 0.261 e. The van der Waals surface area contributed by atoms with Crippen molar-refractivity contribution in [3.05, 3.63) is 41.5 Å². The Morgan fingerprint density at radius 1 is 1.48 bits per heavy atom. The molecule has 0 bridgehead atoms. The van der Waals surface area contributed by atoms with Crippen molar-refractivity contribution >= 4 is 5.91 Å². The fourth-order valence-corrected chi connectivity index (χ4v) is 2.43. The van der Waals surface area contributed by atoms with Gasteiger partial charge in [0.15, 0.2) is 11.9 Å². The zero-order chi connectivity index (χ0) is 14.8. The van der Waals surface area contributed by atoms with Gasteiger partial charge in [0.2, 0.25) is 0 Å². The molecule has 0 aliphatic carbocycles. The van der Waals surface area contributed by atoms with E-state index in [0.29, 0.717) is 12.2 Å². The molecular formula is C15H18N4O2. The number of nitrogens with one attached hydrogen (secondary N) is 2. The van der Waals surface area contributed by atoms with Crippen molar-refractivity contribution in [1.82, 2.24) is 20.5 Å². The highest BCUT2D eigenvalue weighted by molar-refractivity contribution is 5.81. The van der Waals surface area contributed by atoms with Gasteiger partial charge in [0.1, 0.15) is 11.6 Å². The van der Waals surface area contributed by atoms with E-state index in [1.165, 1.54) is 0 Å². The Kier molecular flexibility index (Phi) is 3.60. The minimum atomic E-state index is -0.456. The predicted octanol–water partition coefficient (Wildman–Crippen LogP) is 1.68. The first-order chi connectivity index (χ1) is 10.1. The smallest absolute Gasteiger partial charge is 0.261 e. The van der Waals surface area contributed by atoms with Crippen LogP contribution in [0.4, 0.5) is 0 Å². The molecule has 2 heterocycles. The number of ether oxygens (including phenoxy) is 1. The van der Waals surface area contributed by atoms with Crippen molar-refractivity contribution in [2.75, 3.05) is 0 Å². The number of aryl methyl sites for hydroxylation is 2. The van der Waals surface area contributed by atoms with Gasteiger partial charge in [0, 0.05) is 0 Å². The summed E-state index contributed by atoms with van der Waals surface area (Å²) in [5.41, 5.74) is 1.15. The van der Waals surface area contributed by atoms with Crippen LogP contribution >= 0.6 is 0 Å². The first kappa shape index (κ1) is 13.6. The van der Waals surface area contributed by atoms with E-state index in [9.17, 15) is 4.79 Å². The van der Waals surface area contributed by atoms with Crippen molar-refractivity contribution in [2.24, 2.45) is 0 Å². The Hall–Kier alpha value is -2.37. The molecule has 1 aliphatic heterocycles. The average molecular weight is 286 g/mol. The highest BCUT2D eigenvalue weighted by Crippen LogP contribution is 2.27. The number of hydrogen-bond acceptors (Lipinski definition) is 4. The van der Waals surface area contributed by atoms with E-state index in [4.69, 9.17) is 4.74 Å². The van der Waals surface area contributed by atoms with Gasteiger partial charge in [-0.05, 0) is 38.3 Å². The Balaban J connectivity index is 1.64. The average Bonchev–Trinajstić information content (AvgIpc) is 2.93. The van der Waals surface area contributed by atoms with Gasteiger partial charge in [-0.1, -0.05) is 18.2 Å². The molecule has 110 valence electrons. The number of hydrogen-bond donors (Lipinski definition) is 2. The van der Waals surface area contributed by atoms with E-state index in [1.807, 2.05) is 38.1 Å². The molecule has 3 rings (SSSR count). The Labute approximate surface area is 122 Å². The third kappa shape index (κ3) is 2.89. The van der Waals surface area contributed by atoms with Crippen LogP contribution in [0.5, 0.6) is 5.75 Å². The molecule has 0 saturated heterocycles. The first-order valence-electron chi connectivity index (χ1n) is 7.07. The predicted molar refractivity (Wildman–Crippen MR) is 76.9 cm³/mol. The largest absolute Gasteiger partial charge is 0.480 e. The maximum atomic E-state index is 12.3. The number of aromatic amines is 1. The lowest BCUT2D eigenvalue weighted by Gasteiger charge is -2.26. The molecule has 6 nitrogen and oxygen atoms in total. The number of H-pyrrole nitrogens is 1. The van der Waals surface area contributed by atoms with Crippen molar-refractivity contribution in [3.8, 4) is 5.75 Å². The van der Waals surface area contributed by atoms with E-state index in [1.54, 1.807) is 0 Å². The summed E-state index contributed by atoms with van der Waals surface area (Å²) in [6.07, 6.45) is 1.08. The molecule has 0 saturated carbocycles. The molecular weight excluding hydrogens is 268 g/mol. The van der Waals surface area contributed by atoms with Gasteiger partial charge < -0.3 is 10.1 Å². The second kappa shape index (κ2) is 5.55. The third-order valence-corrected chi connectivity index (χ3v) is 3.57. The van der Waals surface area contributed by atoms with E-state index in [2.05, 4.69) is 20.5 Å². The number of aromatic nitrogens is 3. The number of para-hydroxylation sites is 1. The van der Waals surface area contributed by atoms with Crippen molar-refractivity contribution < 1.29 is 9.53 Å². The molecule has 1 aliphatic rings. The number of rotatable bonds is 3. The van der Waals surface area contributed by atoms with Crippen molar-refractivity contribution in [2.45, 2.75) is 38.8 Å². The number of carbonyl (C=O) groups is 1. The fourth-order valence-electron chi connectivity index (χ4n) is 2.43. The van der Waals surface area contributed by atoms with Crippen molar-refractivity contribution in [3.63, 3.8) is 0 Å². The summed E-state index contributed by atoms with van der Waals surface area (Å²) in [6.45, 7) is 3.68. The molecule has 2 N–H and O–H groups in total. The summed E-state index contributed by atoms with van der Waals surface area (Å²) in [4.78, 5) is 16.5. The number of nitrogens with zero attached hydrogens (tertiary/aromatic N) is 2. The van der Waals surface area contributed by atoms with Crippen LogP contribution in [-0.2, 0) is 11.2 Å². The molecule has 0 spiro atoms. The number of fused-ring (bicyclic) bond motifs is 1. The topological polar surface area (TPSA) is 79.9 Å². The van der Waals surface area contributed by atoms with Gasteiger partial charge in [-0.25, -0.2) is 4.98 Å². The summed E-state index contributed by atoms with van der Waals surface area (Å²) in [5, 5.41) is 9.73. The zero-order valence-electron chi connectivity index (χ0n) is 12.1. The van der Waals surface area contributed by atoms with Crippen LogP contribution in [0.2, 0.25) is 0 Å². The molecule has 2 aromatic rings. The van der Waals surface area contributed by atoms with Gasteiger partial charge in [0.05, 0.1) is 6.04 Å². The highest BCUT2D eigenvalue weighted by Gasteiger charge is 2.27.